The molecule has 2 N–H and O–H groups in total. The molecule has 3 nitrogen and oxygen atoms in total. The van der Waals surface area contributed by atoms with Crippen molar-refractivity contribution < 1.29 is 4.39 Å². The summed E-state index contributed by atoms with van der Waals surface area (Å²) in [5.74, 6) is 0.0522. The highest BCUT2D eigenvalue weighted by atomic mass is 79.9. The third-order valence-electron chi connectivity index (χ3n) is 2.74. The Kier molecular flexibility index (Phi) is 3.11. The summed E-state index contributed by atoms with van der Waals surface area (Å²) in [4.78, 5) is 0. The minimum Gasteiger partial charge on any atom is -0.382 e. The van der Waals surface area contributed by atoms with Crippen molar-refractivity contribution in [2.45, 2.75) is 13.8 Å². The van der Waals surface area contributed by atoms with Gasteiger partial charge in [-0.2, -0.15) is 0 Å². The van der Waals surface area contributed by atoms with Crippen LogP contribution in [0.25, 0.3) is 11.3 Å². The topological polar surface area (TPSA) is 51.8 Å². The van der Waals surface area contributed by atoms with E-state index in [9.17, 15) is 4.39 Å². The van der Waals surface area contributed by atoms with Gasteiger partial charge in [0.05, 0.1) is 5.69 Å². The Hall–Kier alpha value is -1.49. The van der Waals surface area contributed by atoms with Gasteiger partial charge in [0.2, 0.25) is 0 Å². The van der Waals surface area contributed by atoms with Crippen LogP contribution in [0.4, 0.5) is 10.2 Å². The van der Waals surface area contributed by atoms with Gasteiger partial charge in [0.1, 0.15) is 11.6 Å². The summed E-state index contributed by atoms with van der Waals surface area (Å²) >= 11 is 3.31. The van der Waals surface area contributed by atoms with E-state index in [1.165, 1.54) is 6.07 Å². The van der Waals surface area contributed by atoms with E-state index in [4.69, 9.17) is 5.73 Å². The fourth-order valence-corrected chi connectivity index (χ4v) is 1.92. The number of hydrogen-bond acceptors (Lipinski definition) is 3. The van der Waals surface area contributed by atoms with Gasteiger partial charge >= 0.3 is 0 Å². The Labute approximate surface area is 107 Å². The lowest BCUT2D eigenvalue weighted by atomic mass is 10.0. The number of nitrogen functional groups attached to an aromatic ring is 1. The van der Waals surface area contributed by atoms with Crippen LogP contribution in [0.3, 0.4) is 0 Å². The molecule has 0 unspecified atom stereocenters. The fourth-order valence-electron chi connectivity index (χ4n) is 1.56. The van der Waals surface area contributed by atoms with Crippen molar-refractivity contribution in [1.82, 2.24) is 10.2 Å². The smallest absolute Gasteiger partial charge is 0.149 e. The summed E-state index contributed by atoms with van der Waals surface area (Å²) in [6, 6.07) is 4.72. The molecule has 0 atom stereocenters. The van der Waals surface area contributed by atoms with Crippen molar-refractivity contribution in [3.05, 3.63) is 39.6 Å². The zero-order valence-corrected chi connectivity index (χ0v) is 11.0. The number of rotatable bonds is 1. The van der Waals surface area contributed by atoms with Gasteiger partial charge in [-0.05, 0) is 43.2 Å². The van der Waals surface area contributed by atoms with E-state index in [2.05, 4.69) is 26.1 Å². The van der Waals surface area contributed by atoms with Crippen LogP contribution in [-0.2, 0) is 0 Å². The number of benzene rings is 1. The van der Waals surface area contributed by atoms with E-state index in [1.54, 1.807) is 12.1 Å². The third kappa shape index (κ3) is 2.15. The van der Waals surface area contributed by atoms with Crippen LogP contribution in [0.5, 0.6) is 0 Å². The molecule has 0 saturated heterocycles. The lowest BCUT2D eigenvalue weighted by molar-refractivity contribution is 0.630. The SMILES string of the molecule is Cc1c(N)nnc(-c2cc(Br)ccc2F)c1C. The van der Waals surface area contributed by atoms with Gasteiger partial charge in [0, 0.05) is 10.0 Å². The van der Waals surface area contributed by atoms with Crippen molar-refractivity contribution >= 4 is 21.7 Å². The van der Waals surface area contributed by atoms with Gasteiger partial charge in [-0.1, -0.05) is 15.9 Å². The number of anilines is 1. The first-order valence-corrected chi connectivity index (χ1v) is 5.84. The number of nitrogens with two attached hydrogens (primary N) is 1. The molecule has 5 heteroatoms. The van der Waals surface area contributed by atoms with Crippen LogP contribution in [-0.4, -0.2) is 10.2 Å². The van der Waals surface area contributed by atoms with Gasteiger partial charge in [0.25, 0.3) is 0 Å². The van der Waals surface area contributed by atoms with Gasteiger partial charge in [-0.25, -0.2) is 4.39 Å². The number of nitrogens with zero attached hydrogens (tertiary/aromatic N) is 2. The molecule has 17 heavy (non-hydrogen) atoms. The molecule has 88 valence electrons. The van der Waals surface area contributed by atoms with Gasteiger partial charge in [0.15, 0.2) is 0 Å². The number of hydrogen-bond donors (Lipinski definition) is 1. The van der Waals surface area contributed by atoms with Crippen molar-refractivity contribution in [1.29, 1.82) is 0 Å². The van der Waals surface area contributed by atoms with Crippen LogP contribution in [0.2, 0.25) is 0 Å². The van der Waals surface area contributed by atoms with Crippen LogP contribution >= 0.6 is 15.9 Å². The average Bonchev–Trinajstić information content (AvgIpc) is 2.30. The zero-order chi connectivity index (χ0) is 12.6. The second-order valence-corrected chi connectivity index (χ2v) is 4.72. The first-order chi connectivity index (χ1) is 8.00. The summed E-state index contributed by atoms with van der Waals surface area (Å²) < 4.78 is 14.5. The van der Waals surface area contributed by atoms with Gasteiger partial charge < -0.3 is 5.73 Å². The fraction of sp³-hybridized carbons (Fsp3) is 0.167. The third-order valence-corrected chi connectivity index (χ3v) is 3.24. The molecule has 1 heterocycles. The summed E-state index contributed by atoms with van der Waals surface area (Å²) in [5.41, 5.74) is 8.28. The molecule has 0 bridgehead atoms. The van der Waals surface area contributed by atoms with Crippen molar-refractivity contribution in [3.8, 4) is 11.3 Å². The maximum atomic E-state index is 13.7. The van der Waals surface area contributed by atoms with Crippen molar-refractivity contribution in [3.63, 3.8) is 0 Å². The summed E-state index contributed by atoms with van der Waals surface area (Å²) in [5, 5.41) is 7.81. The van der Waals surface area contributed by atoms with E-state index < -0.39 is 0 Å². The summed E-state index contributed by atoms with van der Waals surface area (Å²) in [7, 11) is 0. The first-order valence-electron chi connectivity index (χ1n) is 5.05. The largest absolute Gasteiger partial charge is 0.382 e. The molecule has 1 aromatic heterocycles. The molecular formula is C12H11BrFN3. The molecule has 0 fully saturated rings. The highest BCUT2D eigenvalue weighted by Gasteiger charge is 2.13. The standard InChI is InChI=1S/C12H11BrFN3/c1-6-7(2)12(15)17-16-11(6)9-5-8(13)3-4-10(9)14/h3-5H,1-2H3,(H2,15,17). The van der Waals surface area contributed by atoms with Crippen LogP contribution in [0, 0.1) is 19.7 Å². The monoisotopic (exact) mass is 295 g/mol. The highest BCUT2D eigenvalue weighted by Crippen LogP contribution is 2.29. The molecule has 0 spiro atoms. The first kappa shape index (κ1) is 12.0. The maximum Gasteiger partial charge on any atom is 0.149 e. The lowest BCUT2D eigenvalue weighted by Gasteiger charge is -2.09. The quantitative estimate of drug-likeness (QED) is 0.879. The Morgan fingerprint density at radius 2 is 1.88 bits per heavy atom. The van der Waals surface area contributed by atoms with E-state index in [0.717, 1.165) is 15.6 Å². The second kappa shape index (κ2) is 4.41. The molecule has 2 rings (SSSR count). The van der Waals surface area contributed by atoms with Gasteiger partial charge in [-0.3, -0.25) is 0 Å². The minimum atomic E-state index is -0.324. The van der Waals surface area contributed by atoms with Crippen molar-refractivity contribution in [2.75, 3.05) is 5.73 Å². The van der Waals surface area contributed by atoms with E-state index in [1.807, 2.05) is 13.8 Å². The molecule has 1 aromatic carbocycles. The second-order valence-electron chi connectivity index (χ2n) is 3.81. The molecule has 2 aromatic rings. The normalized spacial score (nSPS) is 10.6. The van der Waals surface area contributed by atoms with E-state index in [-0.39, 0.29) is 5.82 Å². The maximum absolute atomic E-state index is 13.7. The van der Waals surface area contributed by atoms with Crippen LogP contribution in [0.15, 0.2) is 22.7 Å². The molecular weight excluding hydrogens is 285 g/mol. The van der Waals surface area contributed by atoms with E-state index >= 15 is 0 Å². The minimum absolute atomic E-state index is 0.324. The van der Waals surface area contributed by atoms with Crippen molar-refractivity contribution in [2.24, 2.45) is 0 Å². The highest BCUT2D eigenvalue weighted by molar-refractivity contribution is 9.10. The Balaban J connectivity index is 2.69. The van der Waals surface area contributed by atoms with E-state index in [0.29, 0.717) is 17.1 Å². The molecule has 0 aliphatic carbocycles. The summed E-state index contributed by atoms with van der Waals surface area (Å²) in [6.07, 6.45) is 0. The Bertz CT molecular complexity index is 584. The lowest BCUT2D eigenvalue weighted by Crippen LogP contribution is -2.02. The van der Waals surface area contributed by atoms with Crippen LogP contribution < -0.4 is 5.73 Å². The average molecular weight is 296 g/mol. The Morgan fingerprint density at radius 1 is 1.18 bits per heavy atom. The predicted molar refractivity (Wildman–Crippen MR) is 69.0 cm³/mol. The van der Waals surface area contributed by atoms with Crippen LogP contribution in [0.1, 0.15) is 11.1 Å². The summed E-state index contributed by atoms with van der Waals surface area (Å²) in [6.45, 7) is 3.70. The number of halogens is 2. The molecule has 0 amide bonds. The Morgan fingerprint density at radius 3 is 2.59 bits per heavy atom. The number of aromatic nitrogens is 2. The molecule has 0 aliphatic rings. The van der Waals surface area contributed by atoms with Gasteiger partial charge in [-0.15, -0.1) is 10.2 Å². The predicted octanol–water partition coefficient (Wildman–Crippen LogP) is 3.24. The molecule has 0 radical (unpaired) electrons. The zero-order valence-electron chi connectivity index (χ0n) is 9.46. The molecule has 0 saturated carbocycles. The molecule has 0 aliphatic heterocycles.